The Kier molecular flexibility index (Phi) is 13.5. The number of nitrogens with zero attached hydrogens (tertiary/aromatic N) is 2. The number of aliphatic hydroxyl groups excluding tert-OH is 1. The maximum absolute atomic E-state index is 14.6. The Hall–Kier alpha value is -3.08. The predicted octanol–water partition coefficient (Wildman–Crippen LogP) is 3.03. The van der Waals surface area contributed by atoms with Crippen LogP contribution in [0.3, 0.4) is 0 Å². The number of nitrogens with one attached hydrogen (secondary N) is 2. The van der Waals surface area contributed by atoms with Gasteiger partial charge in [-0.25, -0.2) is 4.39 Å². The number of fused-ring (bicyclic) bond motifs is 2. The van der Waals surface area contributed by atoms with Crippen molar-refractivity contribution in [1.29, 1.82) is 0 Å². The third-order valence-electron chi connectivity index (χ3n) is 7.25. The number of methoxy groups -OCH3 is 1. The van der Waals surface area contributed by atoms with E-state index in [1.165, 1.54) is 12.1 Å². The maximum Gasteiger partial charge on any atom is 0.223 e. The van der Waals surface area contributed by atoms with Crippen LogP contribution in [0.25, 0.3) is 0 Å². The SMILES string of the molecule is CCCN1CCC(COC)COc2cc(F)cc(c2)C[C@@H]([C@H](O)CNCc2cncc(CC)c2)NC(=O)CCC1=O. The number of hydrogen-bond acceptors (Lipinski definition) is 7. The van der Waals surface area contributed by atoms with E-state index in [0.717, 1.165) is 24.0 Å². The van der Waals surface area contributed by atoms with Crippen LogP contribution in [0.2, 0.25) is 0 Å². The molecule has 0 saturated heterocycles. The molecule has 0 fully saturated rings. The van der Waals surface area contributed by atoms with E-state index in [-0.39, 0.29) is 43.5 Å². The van der Waals surface area contributed by atoms with Gasteiger partial charge in [0.15, 0.2) is 0 Å². The van der Waals surface area contributed by atoms with E-state index >= 15 is 0 Å². The molecular weight excluding hydrogens is 527 g/mol. The highest BCUT2D eigenvalue weighted by Gasteiger charge is 2.24. The predicted molar refractivity (Wildman–Crippen MR) is 155 cm³/mol. The van der Waals surface area contributed by atoms with Gasteiger partial charge in [0.2, 0.25) is 11.8 Å². The zero-order chi connectivity index (χ0) is 29.6. The molecule has 10 heteroatoms. The van der Waals surface area contributed by atoms with Gasteiger partial charge in [-0.15, -0.1) is 0 Å². The number of ether oxygens (including phenoxy) is 2. The lowest BCUT2D eigenvalue weighted by molar-refractivity contribution is -0.134. The van der Waals surface area contributed by atoms with Crippen molar-refractivity contribution in [2.45, 2.75) is 71.1 Å². The number of amides is 2. The molecule has 0 aliphatic carbocycles. The fraction of sp³-hybridized carbons (Fsp3) is 0.581. The average Bonchev–Trinajstić information content (AvgIpc) is 2.95. The number of aryl methyl sites for hydroxylation is 1. The maximum atomic E-state index is 14.6. The van der Waals surface area contributed by atoms with Gasteiger partial charge in [-0.1, -0.05) is 19.9 Å². The van der Waals surface area contributed by atoms with Crippen molar-refractivity contribution in [1.82, 2.24) is 20.5 Å². The van der Waals surface area contributed by atoms with Gasteiger partial charge in [-0.3, -0.25) is 14.6 Å². The summed E-state index contributed by atoms with van der Waals surface area (Å²) in [5.74, 6) is -0.502. The lowest BCUT2D eigenvalue weighted by atomic mass is 10.00. The van der Waals surface area contributed by atoms with Crippen LogP contribution in [0.4, 0.5) is 4.39 Å². The zero-order valence-electron chi connectivity index (χ0n) is 24.5. The van der Waals surface area contributed by atoms with Crippen LogP contribution in [0.5, 0.6) is 5.75 Å². The first-order chi connectivity index (χ1) is 19.8. The van der Waals surface area contributed by atoms with Crippen molar-refractivity contribution in [2.75, 3.05) is 40.0 Å². The van der Waals surface area contributed by atoms with E-state index in [9.17, 15) is 19.1 Å². The summed E-state index contributed by atoms with van der Waals surface area (Å²) in [6.07, 6.45) is 5.24. The number of rotatable bonds is 10. The molecule has 1 aliphatic rings. The third-order valence-corrected chi connectivity index (χ3v) is 7.25. The van der Waals surface area contributed by atoms with Gasteiger partial charge < -0.3 is 30.1 Å². The Bertz CT molecular complexity index is 1120. The second kappa shape index (κ2) is 17.0. The average molecular weight is 573 g/mol. The highest BCUT2D eigenvalue weighted by molar-refractivity contribution is 5.84. The molecule has 0 radical (unpaired) electrons. The van der Waals surface area contributed by atoms with Crippen LogP contribution in [0.1, 0.15) is 56.2 Å². The number of pyridine rings is 1. The quantitative estimate of drug-likeness (QED) is 0.401. The third kappa shape index (κ3) is 11.0. The highest BCUT2D eigenvalue weighted by atomic mass is 19.1. The van der Waals surface area contributed by atoms with Gasteiger partial charge in [-0.05, 0) is 54.5 Å². The summed E-state index contributed by atoms with van der Waals surface area (Å²) >= 11 is 0. The van der Waals surface area contributed by atoms with Gasteiger partial charge in [0, 0.05) is 70.5 Å². The number of halogens is 1. The van der Waals surface area contributed by atoms with Gasteiger partial charge in [0.05, 0.1) is 25.4 Å². The van der Waals surface area contributed by atoms with Crippen LogP contribution in [-0.2, 0) is 33.7 Å². The summed E-state index contributed by atoms with van der Waals surface area (Å²) in [4.78, 5) is 32.0. The molecule has 3 N–H and O–H groups in total. The van der Waals surface area contributed by atoms with E-state index in [4.69, 9.17) is 9.47 Å². The zero-order valence-corrected chi connectivity index (χ0v) is 24.5. The normalized spacial score (nSPS) is 19.9. The molecular formula is C31H45FN4O5. The first-order valence-electron chi connectivity index (χ1n) is 14.6. The molecule has 1 aromatic carbocycles. The summed E-state index contributed by atoms with van der Waals surface area (Å²) in [6, 6.07) is 5.81. The van der Waals surface area contributed by atoms with E-state index < -0.39 is 18.0 Å². The fourth-order valence-corrected chi connectivity index (χ4v) is 4.99. The van der Waals surface area contributed by atoms with Crippen LogP contribution < -0.4 is 15.4 Å². The summed E-state index contributed by atoms with van der Waals surface area (Å²) < 4.78 is 25.9. The summed E-state index contributed by atoms with van der Waals surface area (Å²) in [7, 11) is 1.62. The molecule has 1 unspecified atom stereocenters. The minimum absolute atomic E-state index is 0.00365. The molecule has 226 valence electrons. The largest absolute Gasteiger partial charge is 0.493 e. The monoisotopic (exact) mass is 572 g/mol. The molecule has 0 spiro atoms. The summed E-state index contributed by atoms with van der Waals surface area (Å²) in [5, 5.41) is 17.2. The van der Waals surface area contributed by atoms with Crippen molar-refractivity contribution in [2.24, 2.45) is 5.92 Å². The molecule has 1 aliphatic heterocycles. The number of carbonyl (C=O) groups excluding carboxylic acids is 2. The van der Waals surface area contributed by atoms with Crippen LogP contribution in [-0.4, -0.2) is 78.9 Å². The number of carbonyl (C=O) groups is 2. The van der Waals surface area contributed by atoms with Crippen LogP contribution in [0, 0.1) is 11.7 Å². The smallest absolute Gasteiger partial charge is 0.223 e. The van der Waals surface area contributed by atoms with Gasteiger partial charge in [0.1, 0.15) is 11.6 Å². The highest BCUT2D eigenvalue weighted by Crippen LogP contribution is 2.21. The first-order valence-corrected chi connectivity index (χ1v) is 14.6. The van der Waals surface area contributed by atoms with E-state index in [0.29, 0.717) is 50.6 Å². The first kappa shape index (κ1) is 32.4. The molecule has 2 aromatic rings. The van der Waals surface area contributed by atoms with Crippen molar-refractivity contribution in [3.63, 3.8) is 0 Å². The van der Waals surface area contributed by atoms with Gasteiger partial charge in [0.25, 0.3) is 0 Å². The Labute approximate surface area is 242 Å². The van der Waals surface area contributed by atoms with Crippen LogP contribution >= 0.6 is 0 Å². The van der Waals surface area contributed by atoms with Crippen molar-refractivity contribution < 1.29 is 28.6 Å². The molecule has 2 amide bonds. The topological polar surface area (TPSA) is 113 Å². The Balaban J connectivity index is 1.78. The molecule has 0 saturated carbocycles. The number of aliphatic hydroxyl groups is 1. The number of hydrogen-bond donors (Lipinski definition) is 3. The minimum Gasteiger partial charge on any atom is -0.493 e. The molecule has 2 bridgehead atoms. The summed E-state index contributed by atoms with van der Waals surface area (Å²) in [6.45, 7) is 6.63. The van der Waals surface area contributed by atoms with Gasteiger partial charge in [-0.2, -0.15) is 0 Å². The minimum atomic E-state index is -0.967. The van der Waals surface area contributed by atoms with Crippen molar-refractivity contribution in [3.05, 3.63) is 59.2 Å². The van der Waals surface area contributed by atoms with Gasteiger partial charge >= 0.3 is 0 Å². The molecule has 41 heavy (non-hydrogen) atoms. The van der Waals surface area contributed by atoms with E-state index in [1.807, 2.05) is 13.1 Å². The number of benzene rings is 1. The van der Waals surface area contributed by atoms with E-state index in [1.54, 1.807) is 24.3 Å². The molecule has 2 heterocycles. The Morgan fingerprint density at radius 1 is 1.20 bits per heavy atom. The molecule has 1 aromatic heterocycles. The Morgan fingerprint density at radius 2 is 2.00 bits per heavy atom. The Morgan fingerprint density at radius 3 is 2.76 bits per heavy atom. The lowest BCUT2D eigenvalue weighted by Crippen LogP contribution is -2.49. The standard InChI is InChI=1S/C31H45FN4O5/c1-4-9-36-10-8-23(20-40-3)21-41-27-13-24(12-26(32)15-27)14-28(35-30(38)6-7-31(36)39)29(37)19-34-18-25-11-22(5-2)16-33-17-25/h11-13,15-17,23,28-29,34,37H,4-10,14,18-21H2,1-3H3,(H,35,38)/t23?,28-,29+/m0/s1. The molecule has 9 nitrogen and oxygen atoms in total. The lowest BCUT2D eigenvalue weighted by Gasteiger charge is -2.27. The molecule has 3 atom stereocenters. The van der Waals surface area contributed by atoms with E-state index in [2.05, 4.69) is 28.6 Å². The number of aromatic nitrogens is 1. The van der Waals surface area contributed by atoms with Crippen molar-refractivity contribution >= 4 is 11.8 Å². The van der Waals surface area contributed by atoms with Crippen molar-refractivity contribution in [3.8, 4) is 5.75 Å². The fourth-order valence-electron chi connectivity index (χ4n) is 4.99. The second-order valence-corrected chi connectivity index (χ2v) is 10.7. The second-order valence-electron chi connectivity index (χ2n) is 10.7. The summed E-state index contributed by atoms with van der Waals surface area (Å²) in [5.41, 5.74) is 2.71. The van der Waals surface area contributed by atoms with Crippen LogP contribution in [0.15, 0.2) is 36.7 Å². The molecule has 3 rings (SSSR count).